The molecule has 0 aliphatic heterocycles. The van der Waals surface area contributed by atoms with Gasteiger partial charge in [-0.25, -0.2) is 9.18 Å². The summed E-state index contributed by atoms with van der Waals surface area (Å²) in [6.07, 6.45) is -0.841. The lowest BCUT2D eigenvalue weighted by Gasteiger charge is -2.12. The normalized spacial score (nSPS) is 10.3. The molecule has 7 heteroatoms. The molecule has 0 spiro atoms. The Morgan fingerprint density at radius 2 is 1.55 bits per heavy atom. The van der Waals surface area contributed by atoms with Crippen molar-refractivity contribution in [2.24, 2.45) is 0 Å². The maximum Gasteiger partial charge on any atom is 0.411 e. The molecule has 3 aromatic carbocycles. The number of benzene rings is 3. The summed E-state index contributed by atoms with van der Waals surface area (Å²) in [6, 6.07) is 15.8. The Balaban J connectivity index is 1.90. The molecule has 3 rings (SSSR count). The molecule has 0 saturated carbocycles. The molecule has 158 valence electrons. The molecule has 0 radical (unpaired) electrons. The van der Waals surface area contributed by atoms with Gasteiger partial charge in [0.1, 0.15) is 5.82 Å². The minimum absolute atomic E-state index is 0.149. The van der Waals surface area contributed by atoms with E-state index in [1.807, 2.05) is 26.0 Å². The van der Waals surface area contributed by atoms with Crippen molar-refractivity contribution in [1.29, 1.82) is 0 Å². The second-order valence-corrected chi connectivity index (χ2v) is 6.96. The average molecular weight is 420 g/mol. The topological polar surface area (TPSA) is 84.5 Å². The molecule has 0 aliphatic carbocycles. The van der Waals surface area contributed by atoms with Gasteiger partial charge in [0.2, 0.25) is 0 Å². The van der Waals surface area contributed by atoms with Crippen molar-refractivity contribution < 1.29 is 23.5 Å². The van der Waals surface area contributed by atoms with Crippen LogP contribution in [0.2, 0.25) is 0 Å². The first-order valence-electron chi connectivity index (χ1n) is 9.47. The van der Waals surface area contributed by atoms with Crippen LogP contribution in [-0.4, -0.2) is 24.9 Å². The first kappa shape index (κ1) is 21.7. The summed E-state index contributed by atoms with van der Waals surface area (Å²) >= 11 is 0. The number of ether oxygens (including phenoxy) is 1. The van der Waals surface area contributed by atoms with E-state index in [0.717, 1.165) is 24.3 Å². The van der Waals surface area contributed by atoms with Crippen LogP contribution in [0.15, 0.2) is 60.7 Å². The number of amides is 2. The van der Waals surface area contributed by atoms with Gasteiger partial charge in [-0.1, -0.05) is 35.9 Å². The number of anilines is 2. The van der Waals surface area contributed by atoms with Crippen molar-refractivity contribution in [2.45, 2.75) is 13.8 Å². The van der Waals surface area contributed by atoms with Crippen molar-refractivity contribution in [3.63, 3.8) is 0 Å². The summed E-state index contributed by atoms with van der Waals surface area (Å²) in [5.74, 6) is -1.49. The van der Waals surface area contributed by atoms with E-state index in [2.05, 4.69) is 15.4 Å². The molecule has 2 amide bonds. The molecular formula is C24H21FN2O4. The zero-order chi connectivity index (χ0) is 22.5. The van der Waals surface area contributed by atoms with Gasteiger partial charge in [0, 0.05) is 16.8 Å². The molecule has 0 bridgehead atoms. The molecule has 2 N–H and O–H groups in total. The van der Waals surface area contributed by atoms with Crippen molar-refractivity contribution in [1.82, 2.24) is 0 Å². The third-order valence-electron chi connectivity index (χ3n) is 4.70. The number of ketones is 1. The lowest BCUT2D eigenvalue weighted by molar-refractivity contribution is 0.0996. The molecule has 0 aliphatic rings. The minimum Gasteiger partial charge on any atom is -0.453 e. The van der Waals surface area contributed by atoms with Gasteiger partial charge in [0.25, 0.3) is 5.91 Å². The van der Waals surface area contributed by atoms with E-state index in [1.54, 1.807) is 30.3 Å². The average Bonchev–Trinajstić information content (AvgIpc) is 2.77. The molecule has 0 atom stereocenters. The van der Waals surface area contributed by atoms with E-state index in [-0.39, 0.29) is 28.3 Å². The van der Waals surface area contributed by atoms with Crippen molar-refractivity contribution in [3.8, 4) is 0 Å². The van der Waals surface area contributed by atoms with E-state index in [1.165, 1.54) is 12.1 Å². The first-order chi connectivity index (χ1) is 14.8. The van der Waals surface area contributed by atoms with Crippen molar-refractivity contribution >= 4 is 29.2 Å². The fourth-order valence-electron chi connectivity index (χ4n) is 3.06. The van der Waals surface area contributed by atoms with Crippen LogP contribution in [0.25, 0.3) is 0 Å². The van der Waals surface area contributed by atoms with E-state index in [0.29, 0.717) is 5.56 Å². The number of aryl methyl sites for hydroxylation is 2. The monoisotopic (exact) mass is 420 g/mol. The molecule has 0 heterocycles. The number of carbonyl (C=O) groups is 3. The summed E-state index contributed by atoms with van der Waals surface area (Å²) in [6.45, 7) is 3.73. The summed E-state index contributed by atoms with van der Waals surface area (Å²) in [5.41, 5.74) is 2.79. The van der Waals surface area contributed by atoms with E-state index in [4.69, 9.17) is 0 Å². The quantitative estimate of drug-likeness (QED) is 0.562. The Bertz CT molecular complexity index is 1170. The Labute approximate surface area is 179 Å². The second kappa shape index (κ2) is 9.21. The highest BCUT2D eigenvalue weighted by Gasteiger charge is 2.20. The van der Waals surface area contributed by atoms with Gasteiger partial charge in [0.05, 0.1) is 18.4 Å². The standard InChI is InChI=1S/C24H21FN2O4/c1-14-8-9-15(2)19(12-14)22(28)17-6-4-5-7-18(17)23(29)26-16-10-11-20(25)21(13-16)27-24(30)31-3/h4-13H,1-3H3,(H,26,29)(H,27,30). The fourth-order valence-corrected chi connectivity index (χ4v) is 3.06. The summed E-state index contributed by atoms with van der Waals surface area (Å²) in [5, 5.41) is 4.87. The lowest BCUT2D eigenvalue weighted by atomic mass is 9.94. The SMILES string of the molecule is COC(=O)Nc1cc(NC(=O)c2ccccc2C(=O)c2cc(C)ccc2C)ccc1F. The van der Waals surface area contributed by atoms with Crippen LogP contribution in [0, 0.1) is 19.7 Å². The number of methoxy groups -OCH3 is 1. The third kappa shape index (κ3) is 4.95. The molecule has 31 heavy (non-hydrogen) atoms. The molecule has 0 fully saturated rings. The second-order valence-electron chi connectivity index (χ2n) is 6.96. The summed E-state index contributed by atoms with van der Waals surface area (Å²) in [7, 11) is 1.16. The first-order valence-corrected chi connectivity index (χ1v) is 9.47. The molecule has 0 aromatic heterocycles. The highest BCUT2D eigenvalue weighted by molar-refractivity contribution is 6.18. The van der Waals surface area contributed by atoms with Gasteiger partial charge in [-0.15, -0.1) is 0 Å². The molecule has 0 unspecified atom stereocenters. The molecular weight excluding hydrogens is 399 g/mol. The van der Waals surface area contributed by atoms with Crippen LogP contribution in [0.4, 0.5) is 20.6 Å². The van der Waals surface area contributed by atoms with Gasteiger partial charge in [0.15, 0.2) is 5.78 Å². The van der Waals surface area contributed by atoms with Crippen molar-refractivity contribution in [3.05, 3.63) is 94.3 Å². The third-order valence-corrected chi connectivity index (χ3v) is 4.70. The molecule has 3 aromatic rings. The van der Waals surface area contributed by atoms with Crippen LogP contribution < -0.4 is 10.6 Å². The van der Waals surface area contributed by atoms with Crippen LogP contribution >= 0.6 is 0 Å². The number of hydrogen-bond donors (Lipinski definition) is 2. The number of halogens is 1. The Morgan fingerprint density at radius 1 is 0.839 bits per heavy atom. The highest BCUT2D eigenvalue weighted by Crippen LogP contribution is 2.23. The molecule has 6 nitrogen and oxygen atoms in total. The minimum atomic E-state index is -0.841. The number of nitrogens with one attached hydrogen (secondary N) is 2. The maximum absolute atomic E-state index is 13.9. The predicted octanol–water partition coefficient (Wildman–Crippen LogP) is 5.10. The van der Waals surface area contributed by atoms with Gasteiger partial charge >= 0.3 is 6.09 Å². The summed E-state index contributed by atoms with van der Waals surface area (Å²) < 4.78 is 18.4. The van der Waals surface area contributed by atoms with E-state index in [9.17, 15) is 18.8 Å². The number of carbonyl (C=O) groups excluding carboxylic acids is 3. The van der Waals surface area contributed by atoms with Crippen LogP contribution in [-0.2, 0) is 4.74 Å². The van der Waals surface area contributed by atoms with Crippen LogP contribution in [0.3, 0.4) is 0 Å². The zero-order valence-electron chi connectivity index (χ0n) is 17.3. The van der Waals surface area contributed by atoms with Gasteiger partial charge in [-0.3, -0.25) is 14.9 Å². The number of hydrogen-bond acceptors (Lipinski definition) is 4. The molecule has 0 saturated heterocycles. The van der Waals surface area contributed by atoms with E-state index < -0.39 is 17.8 Å². The maximum atomic E-state index is 13.9. The zero-order valence-corrected chi connectivity index (χ0v) is 17.3. The largest absolute Gasteiger partial charge is 0.453 e. The highest BCUT2D eigenvalue weighted by atomic mass is 19.1. The van der Waals surface area contributed by atoms with Crippen LogP contribution in [0.5, 0.6) is 0 Å². The Morgan fingerprint density at radius 3 is 2.26 bits per heavy atom. The van der Waals surface area contributed by atoms with Crippen molar-refractivity contribution in [2.75, 3.05) is 17.7 Å². The van der Waals surface area contributed by atoms with E-state index >= 15 is 0 Å². The lowest BCUT2D eigenvalue weighted by Crippen LogP contribution is -2.18. The van der Waals surface area contributed by atoms with Gasteiger partial charge in [-0.2, -0.15) is 0 Å². The predicted molar refractivity (Wildman–Crippen MR) is 116 cm³/mol. The van der Waals surface area contributed by atoms with Gasteiger partial charge in [-0.05, 0) is 49.7 Å². The fraction of sp³-hybridized carbons (Fsp3) is 0.125. The van der Waals surface area contributed by atoms with Crippen LogP contribution in [0.1, 0.15) is 37.4 Å². The Kier molecular flexibility index (Phi) is 6.45. The smallest absolute Gasteiger partial charge is 0.411 e. The van der Waals surface area contributed by atoms with Gasteiger partial charge < -0.3 is 10.1 Å². The Hall–Kier alpha value is -4.00. The number of rotatable bonds is 5. The summed E-state index contributed by atoms with van der Waals surface area (Å²) in [4.78, 5) is 37.5.